The first-order chi connectivity index (χ1) is 13.2. The van der Waals surface area contributed by atoms with E-state index < -0.39 is 0 Å². The molecule has 0 fully saturated rings. The highest BCUT2D eigenvalue weighted by Gasteiger charge is 2.34. The fourth-order valence-electron chi connectivity index (χ4n) is 4.34. The van der Waals surface area contributed by atoms with Crippen molar-refractivity contribution in [2.45, 2.75) is 85.5 Å². The average Bonchev–Trinajstić information content (AvgIpc) is 2.64. The van der Waals surface area contributed by atoms with Crippen molar-refractivity contribution in [1.82, 2.24) is 0 Å². The zero-order valence-electron chi connectivity index (χ0n) is 18.9. The molecule has 0 saturated carbocycles. The number of hydrogen-bond acceptors (Lipinski definition) is 2. The van der Waals surface area contributed by atoms with Gasteiger partial charge in [-0.2, -0.15) is 0 Å². The van der Waals surface area contributed by atoms with Crippen molar-refractivity contribution in [2.24, 2.45) is 0 Å². The molecule has 2 aromatic carbocycles. The highest BCUT2D eigenvalue weighted by Crippen LogP contribution is 2.51. The van der Waals surface area contributed by atoms with Crippen molar-refractivity contribution in [3.8, 4) is 5.75 Å². The maximum atomic E-state index is 10.9. The Morgan fingerprint density at radius 2 is 1.43 bits per heavy atom. The Morgan fingerprint density at radius 1 is 0.893 bits per heavy atom. The van der Waals surface area contributed by atoms with Crippen LogP contribution >= 0.6 is 8.58 Å². The number of hydrogen-bond donors (Lipinski definition) is 1. The molecule has 1 atom stereocenters. The molecule has 3 heteroatoms. The topological polar surface area (TPSA) is 23.5 Å². The lowest BCUT2D eigenvalue weighted by molar-refractivity contribution is 0.444. The van der Waals surface area contributed by atoms with Crippen LogP contribution in [-0.2, 0) is 5.16 Å². The summed E-state index contributed by atoms with van der Waals surface area (Å²) in [6.07, 6.45) is 2.02. The Labute approximate surface area is 174 Å². The number of benzene rings is 2. The first kappa shape index (κ1) is 22.8. The van der Waals surface area contributed by atoms with Crippen molar-refractivity contribution in [3.63, 3.8) is 0 Å². The molecule has 0 aliphatic rings. The third-order valence-electron chi connectivity index (χ3n) is 5.97. The molecule has 2 aromatic rings. The molecule has 2 nitrogen and oxygen atoms in total. The largest absolute Gasteiger partial charge is 0.507 e. The third-order valence-corrected chi connectivity index (χ3v) is 8.32. The van der Waals surface area contributed by atoms with Gasteiger partial charge in [-0.1, -0.05) is 52.8 Å². The second kappa shape index (κ2) is 9.31. The summed E-state index contributed by atoms with van der Waals surface area (Å²) in [7, 11) is 0.610. The minimum Gasteiger partial charge on any atom is -0.507 e. The number of anilines is 1. The minimum atomic E-state index is -0.0450. The monoisotopic (exact) mass is 399 g/mol. The van der Waals surface area contributed by atoms with Crippen LogP contribution in [0.2, 0.25) is 0 Å². The highest BCUT2D eigenvalue weighted by molar-refractivity contribution is 7.49. The summed E-state index contributed by atoms with van der Waals surface area (Å²) in [6, 6.07) is 13.8. The van der Waals surface area contributed by atoms with Gasteiger partial charge in [0, 0.05) is 28.5 Å². The lowest BCUT2D eigenvalue weighted by Crippen LogP contribution is -2.40. The van der Waals surface area contributed by atoms with E-state index in [-0.39, 0.29) is 5.16 Å². The van der Waals surface area contributed by atoms with Gasteiger partial charge in [-0.25, -0.2) is 0 Å². The number of aromatic hydroxyl groups is 1. The first-order valence-electron chi connectivity index (χ1n) is 10.6. The van der Waals surface area contributed by atoms with E-state index in [0.717, 1.165) is 24.0 Å². The predicted molar refractivity (Wildman–Crippen MR) is 127 cm³/mol. The fourth-order valence-corrected chi connectivity index (χ4v) is 6.13. The van der Waals surface area contributed by atoms with Crippen LogP contribution in [0, 0.1) is 13.8 Å². The van der Waals surface area contributed by atoms with E-state index in [1.165, 1.54) is 16.6 Å². The summed E-state index contributed by atoms with van der Waals surface area (Å²) < 4.78 is 0. The number of phenols is 1. The Bertz CT molecular complexity index is 785. The third kappa shape index (κ3) is 4.38. The quantitative estimate of drug-likeness (QED) is 0.502. The van der Waals surface area contributed by atoms with Crippen LogP contribution < -0.4 is 10.2 Å². The molecule has 0 aromatic heterocycles. The molecule has 0 spiro atoms. The number of phenolic OH excluding ortho intramolecular Hbond substituents is 1. The molecule has 1 unspecified atom stereocenters. The molecule has 28 heavy (non-hydrogen) atoms. The molecule has 0 radical (unpaired) electrons. The molecule has 0 aliphatic carbocycles. The van der Waals surface area contributed by atoms with E-state index in [2.05, 4.69) is 83.7 Å². The van der Waals surface area contributed by atoms with Crippen molar-refractivity contribution >= 4 is 19.6 Å². The Kier molecular flexibility index (Phi) is 7.57. The highest BCUT2D eigenvalue weighted by atomic mass is 31.1. The maximum absolute atomic E-state index is 10.9. The normalized spacial score (nSPS) is 12.5. The van der Waals surface area contributed by atoms with Gasteiger partial charge in [-0.15, -0.1) is 0 Å². The maximum Gasteiger partial charge on any atom is 0.122 e. The van der Waals surface area contributed by atoms with Crippen LogP contribution in [0.4, 0.5) is 5.69 Å². The molecule has 0 bridgehead atoms. The van der Waals surface area contributed by atoms with Crippen LogP contribution in [-0.4, -0.2) is 17.2 Å². The number of nitrogens with zero attached hydrogens (tertiary/aromatic N) is 1. The van der Waals surface area contributed by atoms with Gasteiger partial charge in [0.1, 0.15) is 5.75 Å². The molecule has 0 aliphatic heterocycles. The second-order valence-corrected chi connectivity index (χ2v) is 10.2. The number of rotatable bonds is 8. The van der Waals surface area contributed by atoms with E-state index in [1.807, 2.05) is 13.0 Å². The lowest BCUT2D eigenvalue weighted by atomic mass is 9.90. The van der Waals surface area contributed by atoms with E-state index in [0.29, 0.717) is 26.4 Å². The lowest BCUT2D eigenvalue weighted by Gasteiger charge is -2.39. The Balaban J connectivity index is 2.65. The molecular weight excluding hydrogens is 361 g/mol. The van der Waals surface area contributed by atoms with Gasteiger partial charge >= 0.3 is 0 Å². The molecule has 0 saturated heterocycles. The molecule has 2 rings (SSSR count). The van der Waals surface area contributed by atoms with Crippen molar-refractivity contribution in [3.05, 3.63) is 53.1 Å². The van der Waals surface area contributed by atoms with Crippen LogP contribution in [0.3, 0.4) is 0 Å². The Hall–Kier alpha value is -1.53. The smallest absolute Gasteiger partial charge is 0.122 e. The van der Waals surface area contributed by atoms with Crippen LogP contribution in [0.1, 0.15) is 71.1 Å². The summed E-state index contributed by atoms with van der Waals surface area (Å²) in [6.45, 7) is 17.8. The first-order valence-corrected chi connectivity index (χ1v) is 11.6. The van der Waals surface area contributed by atoms with Crippen LogP contribution in [0.25, 0.3) is 0 Å². The van der Waals surface area contributed by atoms with E-state index in [4.69, 9.17) is 0 Å². The van der Waals surface area contributed by atoms with Gasteiger partial charge in [-0.3, -0.25) is 0 Å². The van der Waals surface area contributed by atoms with E-state index in [1.54, 1.807) is 0 Å². The van der Waals surface area contributed by atoms with Crippen molar-refractivity contribution in [1.29, 1.82) is 0 Å². The molecule has 154 valence electrons. The van der Waals surface area contributed by atoms with E-state index >= 15 is 0 Å². The summed E-state index contributed by atoms with van der Waals surface area (Å²) in [5, 5.41) is 12.3. The summed E-state index contributed by atoms with van der Waals surface area (Å²) >= 11 is 0. The standard InChI is InChI=1S/C25H38NOP/c1-9-25(10-2,21-15-11-13-19(7)23(21)27)28-24-20(8)14-12-16-22(24)26(17(3)4)18(5)6/h11-18,27-28H,9-10H2,1-8H3. The predicted octanol–water partition coefficient (Wildman–Crippen LogP) is 6.65. The molecule has 0 amide bonds. The van der Waals surface area contributed by atoms with Gasteiger partial charge in [-0.05, 0) is 76.9 Å². The van der Waals surface area contributed by atoms with Crippen molar-refractivity contribution < 1.29 is 5.11 Å². The molecule has 0 heterocycles. The molecular formula is C25H38NOP. The van der Waals surface area contributed by atoms with Gasteiger partial charge in [0.15, 0.2) is 0 Å². The zero-order chi connectivity index (χ0) is 21.1. The Morgan fingerprint density at radius 3 is 1.96 bits per heavy atom. The average molecular weight is 400 g/mol. The van der Waals surface area contributed by atoms with Gasteiger partial charge < -0.3 is 10.0 Å². The summed E-state index contributed by atoms with van der Waals surface area (Å²) in [5.41, 5.74) is 4.76. The van der Waals surface area contributed by atoms with Crippen LogP contribution in [0.15, 0.2) is 36.4 Å². The second-order valence-electron chi connectivity index (χ2n) is 8.45. The van der Waals surface area contributed by atoms with Gasteiger partial charge in [0.25, 0.3) is 0 Å². The fraction of sp³-hybridized carbons (Fsp3) is 0.520. The minimum absolute atomic E-state index is 0.0450. The van der Waals surface area contributed by atoms with Crippen molar-refractivity contribution in [2.75, 3.05) is 4.90 Å². The number of para-hydroxylation sites is 1. The van der Waals surface area contributed by atoms with Gasteiger partial charge in [0.2, 0.25) is 0 Å². The van der Waals surface area contributed by atoms with E-state index in [9.17, 15) is 5.11 Å². The summed E-state index contributed by atoms with van der Waals surface area (Å²) in [4.78, 5) is 2.53. The molecule has 1 N–H and O–H groups in total. The van der Waals surface area contributed by atoms with Gasteiger partial charge in [0.05, 0.1) is 0 Å². The SMILES string of the molecule is CCC(CC)(Pc1c(C)cccc1N(C(C)C)C(C)C)c1cccc(C)c1O. The zero-order valence-corrected chi connectivity index (χ0v) is 19.9. The number of aryl methyl sites for hydroxylation is 2. The summed E-state index contributed by atoms with van der Waals surface area (Å²) in [5.74, 6) is 0.471. The van der Waals surface area contributed by atoms with Crippen LogP contribution in [0.5, 0.6) is 5.75 Å².